The van der Waals surface area contributed by atoms with Crippen molar-refractivity contribution in [1.29, 1.82) is 0 Å². The fourth-order valence-corrected chi connectivity index (χ4v) is 3.41. The number of anilines is 1. The maximum atomic E-state index is 12.7. The van der Waals surface area contributed by atoms with Crippen molar-refractivity contribution in [2.45, 2.75) is 19.4 Å². The zero-order valence-corrected chi connectivity index (χ0v) is 15.5. The van der Waals surface area contributed by atoms with Gasteiger partial charge in [0.05, 0.1) is 17.8 Å². The number of nitrogens with one attached hydrogen (secondary N) is 1. The Labute approximate surface area is 163 Å². The van der Waals surface area contributed by atoms with E-state index in [2.05, 4.69) is 10.4 Å². The molecule has 3 aromatic rings. The number of hydrogen-bond acceptors (Lipinski definition) is 3. The van der Waals surface area contributed by atoms with Gasteiger partial charge < -0.3 is 10.2 Å². The standard InChI is InChI=1S/C22H22N4O2/c27-21(18-10-8-17(9-11-18)16-26-15-5-12-23-26)24-20-7-2-1-6-19(20)22(28)25-13-3-4-14-25/h1-2,5-12,15H,3-4,13-14,16H2,(H,24,27). The zero-order valence-electron chi connectivity index (χ0n) is 15.5. The lowest BCUT2D eigenvalue weighted by Gasteiger charge is -2.18. The highest BCUT2D eigenvalue weighted by Crippen LogP contribution is 2.21. The highest BCUT2D eigenvalue weighted by atomic mass is 16.2. The van der Waals surface area contributed by atoms with Gasteiger partial charge in [0, 0.05) is 31.0 Å². The van der Waals surface area contributed by atoms with Gasteiger partial charge in [-0.15, -0.1) is 0 Å². The molecule has 2 amide bonds. The number of amides is 2. The van der Waals surface area contributed by atoms with Crippen LogP contribution in [0.1, 0.15) is 39.1 Å². The van der Waals surface area contributed by atoms with E-state index in [1.165, 1.54) is 0 Å². The molecular formula is C22H22N4O2. The largest absolute Gasteiger partial charge is 0.339 e. The number of nitrogens with zero attached hydrogens (tertiary/aromatic N) is 3. The van der Waals surface area contributed by atoms with Crippen LogP contribution in [0.2, 0.25) is 0 Å². The van der Waals surface area contributed by atoms with E-state index in [0.29, 0.717) is 23.4 Å². The average molecular weight is 374 g/mol. The average Bonchev–Trinajstić information content (AvgIpc) is 3.43. The molecule has 1 aromatic heterocycles. The number of carbonyl (C=O) groups excluding carboxylic acids is 2. The summed E-state index contributed by atoms with van der Waals surface area (Å²) in [4.78, 5) is 27.3. The first-order chi connectivity index (χ1) is 13.7. The Morgan fingerprint density at radius 3 is 2.43 bits per heavy atom. The smallest absolute Gasteiger partial charge is 0.255 e. The lowest BCUT2D eigenvalue weighted by molar-refractivity contribution is 0.0794. The van der Waals surface area contributed by atoms with Gasteiger partial charge in [0.25, 0.3) is 11.8 Å². The molecule has 1 fully saturated rings. The second kappa shape index (κ2) is 8.08. The number of likely N-dealkylation sites (tertiary alicyclic amines) is 1. The molecule has 0 aliphatic carbocycles. The minimum absolute atomic E-state index is 0.0250. The lowest BCUT2D eigenvalue weighted by Crippen LogP contribution is -2.28. The van der Waals surface area contributed by atoms with Crippen molar-refractivity contribution in [1.82, 2.24) is 14.7 Å². The van der Waals surface area contributed by atoms with Crippen LogP contribution in [-0.2, 0) is 6.54 Å². The van der Waals surface area contributed by atoms with Crippen molar-refractivity contribution < 1.29 is 9.59 Å². The Kier molecular flexibility index (Phi) is 5.19. The van der Waals surface area contributed by atoms with Gasteiger partial charge >= 0.3 is 0 Å². The summed E-state index contributed by atoms with van der Waals surface area (Å²) in [7, 11) is 0. The van der Waals surface area contributed by atoms with Crippen molar-refractivity contribution >= 4 is 17.5 Å². The lowest BCUT2D eigenvalue weighted by atomic mass is 10.1. The predicted molar refractivity (Wildman–Crippen MR) is 107 cm³/mol. The van der Waals surface area contributed by atoms with E-state index in [-0.39, 0.29) is 11.8 Å². The summed E-state index contributed by atoms with van der Waals surface area (Å²) in [6, 6.07) is 16.5. The minimum Gasteiger partial charge on any atom is -0.339 e. The third-order valence-corrected chi connectivity index (χ3v) is 4.92. The molecule has 142 valence electrons. The van der Waals surface area contributed by atoms with E-state index >= 15 is 0 Å². The second-order valence-corrected chi connectivity index (χ2v) is 6.90. The molecule has 28 heavy (non-hydrogen) atoms. The normalized spacial score (nSPS) is 13.5. The molecular weight excluding hydrogens is 352 g/mol. The van der Waals surface area contributed by atoms with Gasteiger partial charge in [-0.3, -0.25) is 14.3 Å². The molecule has 4 rings (SSSR count). The first-order valence-electron chi connectivity index (χ1n) is 9.47. The van der Waals surface area contributed by atoms with Crippen molar-refractivity contribution in [3.63, 3.8) is 0 Å². The van der Waals surface area contributed by atoms with Crippen LogP contribution in [0, 0.1) is 0 Å². The molecule has 0 atom stereocenters. The van der Waals surface area contributed by atoms with Gasteiger partial charge in [0.1, 0.15) is 0 Å². The van der Waals surface area contributed by atoms with E-state index in [0.717, 1.165) is 31.5 Å². The Bertz CT molecular complexity index is 958. The molecule has 0 bridgehead atoms. The Morgan fingerprint density at radius 2 is 1.71 bits per heavy atom. The van der Waals surface area contributed by atoms with E-state index in [1.807, 2.05) is 46.1 Å². The SMILES string of the molecule is O=C(Nc1ccccc1C(=O)N1CCCC1)c1ccc(Cn2cccn2)cc1. The van der Waals surface area contributed by atoms with Gasteiger partial charge in [0.15, 0.2) is 0 Å². The molecule has 6 nitrogen and oxygen atoms in total. The summed E-state index contributed by atoms with van der Waals surface area (Å²) in [5.74, 6) is -0.254. The highest BCUT2D eigenvalue weighted by molar-refractivity contribution is 6.09. The molecule has 0 spiro atoms. The number of hydrogen-bond donors (Lipinski definition) is 1. The predicted octanol–water partition coefficient (Wildman–Crippen LogP) is 3.42. The maximum Gasteiger partial charge on any atom is 0.255 e. The zero-order chi connectivity index (χ0) is 19.3. The van der Waals surface area contributed by atoms with Crippen LogP contribution in [0.3, 0.4) is 0 Å². The molecule has 0 radical (unpaired) electrons. The van der Waals surface area contributed by atoms with Crippen LogP contribution in [-0.4, -0.2) is 39.6 Å². The summed E-state index contributed by atoms with van der Waals surface area (Å²) in [5.41, 5.74) is 2.69. The van der Waals surface area contributed by atoms with E-state index in [1.54, 1.807) is 30.5 Å². The third-order valence-electron chi connectivity index (χ3n) is 4.92. The van der Waals surface area contributed by atoms with E-state index < -0.39 is 0 Å². The van der Waals surface area contributed by atoms with Crippen LogP contribution >= 0.6 is 0 Å². The molecule has 1 saturated heterocycles. The number of aromatic nitrogens is 2. The number of benzene rings is 2. The van der Waals surface area contributed by atoms with E-state index in [9.17, 15) is 9.59 Å². The Morgan fingerprint density at radius 1 is 0.964 bits per heavy atom. The minimum atomic E-state index is -0.229. The monoisotopic (exact) mass is 374 g/mol. The van der Waals surface area contributed by atoms with Gasteiger partial charge in [-0.2, -0.15) is 5.10 Å². The van der Waals surface area contributed by atoms with Crippen molar-refractivity contribution in [3.8, 4) is 0 Å². The molecule has 2 aromatic carbocycles. The summed E-state index contributed by atoms with van der Waals surface area (Å²) >= 11 is 0. The molecule has 0 unspecified atom stereocenters. The van der Waals surface area contributed by atoms with Crippen LogP contribution in [0.5, 0.6) is 0 Å². The summed E-state index contributed by atoms with van der Waals surface area (Å²) in [6.45, 7) is 2.21. The van der Waals surface area contributed by atoms with E-state index in [4.69, 9.17) is 0 Å². The van der Waals surface area contributed by atoms with Gasteiger partial charge in [-0.05, 0) is 48.7 Å². The van der Waals surface area contributed by atoms with Crippen LogP contribution < -0.4 is 5.32 Å². The molecule has 2 heterocycles. The quantitative estimate of drug-likeness (QED) is 0.744. The fourth-order valence-electron chi connectivity index (χ4n) is 3.41. The van der Waals surface area contributed by atoms with Gasteiger partial charge in [-0.1, -0.05) is 24.3 Å². The van der Waals surface area contributed by atoms with Crippen LogP contribution in [0.4, 0.5) is 5.69 Å². The maximum absolute atomic E-state index is 12.7. The Balaban J connectivity index is 1.47. The summed E-state index contributed by atoms with van der Waals surface area (Å²) < 4.78 is 1.83. The van der Waals surface area contributed by atoms with Crippen LogP contribution in [0.25, 0.3) is 0 Å². The number of rotatable bonds is 5. The topological polar surface area (TPSA) is 67.2 Å². The molecule has 1 N–H and O–H groups in total. The van der Waals surface area contributed by atoms with Crippen molar-refractivity contribution in [3.05, 3.63) is 83.7 Å². The molecule has 6 heteroatoms. The van der Waals surface area contributed by atoms with Crippen molar-refractivity contribution in [2.24, 2.45) is 0 Å². The fraction of sp³-hybridized carbons (Fsp3) is 0.227. The molecule has 1 aliphatic rings. The first kappa shape index (κ1) is 18.0. The highest BCUT2D eigenvalue weighted by Gasteiger charge is 2.22. The molecule has 1 aliphatic heterocycles. The first-order valence-corrected chi connectivity index (χ1v) is 9.47. The number of para-hydroxylation sites is 1. The second-order valence-electron chi connectivity index (χ2n) is 6.90. The summed E-state index contributed by atoms with van der Waals surface area (Å²) in [5, 5.41) is 7.08. The Hall–Kier alpha value is -3.41. The van der Waals surface area contributed by atoms with Gasteiger partial charge in [-0.25, -0.2) is 0 Å². The van der Waals surface area contributed by atoms with Crippen LogP contribution in [0.15, 0.2) is 67.0 Å². The number of carbonyl (C=O) groups is 2. The summed E-state index contributed by atoms with van der Waals surface area (Å²) in [6.07, 6.45) is 5.70. The third kappa shape index (κ3) is 3.96. The molecule has 0 saturated carbocycles. The van der Waals surface area contributed by atoms with Crippen molar-refractivity contribution in [2.75, 3.05) is 18.4 Å². The van der Waals surface area contributed by atoms with Gasteiger partial charge in [0.2, 0.25) is 0 Å².